The molecule has 3 rings (SSSR count). The molecule has 2 aromatic heterocycles. The minimum absolute atomic E-state index is 0.283. The van der Waals surface area contributed by atoms with Gasteiger partial charge in [0, 0.05) is 5.56 Å². The molecule has 3 N–H and O–H groups in total. The molecule has 1 unspecified atom stereocenters. The monoisotopic (exact) mass is 270 g/mol. The smallest absolute Gasteiger partial charge is 0.184 e. The lowest BCUT2D eigenvalue weighted by Gasteiger charge is -2.05. The van der Waals surface area contributed by atoms with Gasteiger partial charge in [0.2, 0.25) is 0 Å². The Hall–Kier alpha value is -2.54. The SMILES string of the molecule is CC(O)Cn1nnc2c(N)nc(-c3ccccc3)nc21. The Bertz CT molecular complexity index is 737. The van der Waals surface area contributed by atoms with E-state index < -0.39 is 6.10 Å². The highest BCUT2D eigenvalue weighted by atomic mass is 16.3. The van der Waals surface area contributed by atoms with Crippen LogP contribution in [0.5, 0.6) is 0 Å². The van der Waals surface area contributed by atoms with Crippen molar-refractivity contribution in [2.24, 2.45) is 0 Å². The normalized spacial score (nSPS) is 12.7. The molecule has 3 aromatic rings. The summed E-state index contributed by atoms with van der Waals surface area (Å²) in [6, 6.07) is 9.55. The standard InChI is InChI=1S/C13H14N6O/c1-8(20)7-19-13-10(17-18-19)11(14)15-12(16-13)9-5-3-2-4-6-9/h2-6,8,20H,7H2,1H3,(H2,14,15,16). The number of nitrogens with two attached hydrogens (primary N) is 1. The zero-order chi connectivity index (χ0) is 14.1. The highest BCUT2D eigenvalue weighted by Crippen LogP contribution is 2.21. The van der Waals surface area contributed by atoms with Crippen molar-refractivity contribution in [1.29, 1.82) is 0 Å². The summed E-state index contributed by atoms with van der Waals surface area (Å²) in [6.45, 7) is 1.98. The Labute approximate surface area is 115 Å². The van der Waals surface area contributed by atoms with Gasteiger partial charge in [0.1, 0.15) is 0 Å². The molecule has 2 heterocycles. The Kier molecular flexibility index (Phi) is 3.03. The maximum absolute atomic E-state index is 9.48. The molecule has 20 heavy (non-hydrogen) atoms. The van der Waals surface area contributed by atoms with Crippen molar-refractivity contribution < 1.29 is 5.11 Å². The molecule has 102 valence electrons. The molecular formula is C13H14N6O. The first-order chi connectivity index (χ1) is 9.65. The molecule has 1 atom stereocenters. The Morgan fingerprint density at radius 2 is 2.00 bits per heavy atom. The lowest BCUT2D eigenvalue weighted by atomic mass is 10.2. The van der Waals surface area contributed by atoms with E-state index in [0.29, 0.717) is 23.5 Å². The van der Waals surface area contributed by atoms with Gasteiger partial charge < -0.3 is 10.8 Å². The summed E-state index contributed by atoms with van der Waals surface area (Å²) in [7, 11) is 0. The van der Waals surface area contributed by atoms with E-state index in [2.05, 4.69) is 20.3 Å². The lowest BCUT2D eigenvalue weighted by Crippen LogP contribution is -2.13. The van der Waals surface area contributed by atoms with Crippen LogP contribution in [0, 0.1) is 0 Å². The topological polar surface area (TPSA) is 103 Å². The van der Waals surface area contributed by atoms with Crippen molar-refractivity contribution in [3.05, 3.63) is 30.3 Å². The third kappa shape index (κ3) is 2.19. The van der Waals surface area contributed by atoms with Crippen LogP contribution in [0.4, 0.5) is 5.82 Å². The number of hydrogen-bond donors (Lipinski definition) is 2. The molecule has 7 nitrogen and oxygen atoms in total. The minimum Gasteiger partial charge on any atom is -0.391 e. The van der Waals surface area contributed by atoms with Gasteiger partial charge >= 0.3 is 0 Å². The summed E-state index contributed by atoms with van der Waals surface area (Å²) in [4.78, 5) is 8.71. The number of anilines is 1. The number of aliphatic hydroxyl groups is 1. The zero-order valence-electron chi connectivity index (χ0n) is 10.9. The van der Waals surface area contributed by atoms with Gasteiger partial charge in [-0.05, 0) is 6.92 Å². The third-order valence-corrected chi connectivity index (χ3v) is 2.86. The third-order valence-electron chi connectivity index (χ3n) is 2.86. The van der Waals surface area contributed by atoms with E-state index in [9.17, 15) is 5.11 Å². The first kappa shape index (κ1) is 12.5. The van der Waals surface area contributed by atoms with E-state index in [1.807, 2.05) is 30.3 Å². The molecule has 0 fully saturated rings. The van der Waals surface area contributed by atoms with Crippen LogP contribution in [0.2, 0.25) is 0 Å². The van der Waals surface area contributed by atoms with E-state index in [0.717, 1.165) is 5.56 Å². The van der Waals surface area contributed by atoms with Crippen LogP contribution in [0.25, 0.3) is 22.6 Å². The van der Waals surface area contributed by atoms with Gasteiger partial charge in [-0.3, -0.25) is 0 Å². The van der Waals surface area contributed by atoms with Crippen LogP contribution >= 0.6 is 0 Å². The van der Waals surface area contributed by atoms with Crippen LogP contribution in [-0.2, 0) is 6.54 Å². The van der Waals surface area contributed by atoms with Crippen LogP contribution < -0.4 is 5.73 Å². The fourth-order valence-corrected chi connectivity index (χ4v) is 1.97. The first-order valence-electron chi connectivity index (χ1n) is 6.25. The molecule has 1 aromatic carbocycles. The number of nitrogen functional groups attached to an aromatic ring is 1. The van der Waals surface area contributed by atoms with E-state index in [1.54, 1.807) is 6.92 Å². The predicted molar refractivity (Wildman–Crippen MR) is 74.6 cm³/mol. The van der Waals surface area contributed by atoms with Crippen LogP contribution in [0.15, 0.2) is 30.3 Å². The van der Waals surface area contributed by atoms with Gasteiger partial charge in [-0.2, -0.15) is 0 Å². The molecule has 0 aliphatic carbocycles. The zero-order valence-corrected chi connectivity index (χ0v) is 10.9. The summed E-state index contributed by atoms with van der Waals surface area (Å²) in [5.41, 5.74) is 7.75. The molecule has 0 aliphatic rings. The Balaban J connectivity index is 2.16. The number of aromatic nitrogens is 5. The van der Waals surface area contributed by atoms with E-state index in [-0.39, 0.29) is 5.82 Å². The maximum atomic E-state index is 9.48. The summed E-state index contributed by atoms with van der Waals surface area (Å²) in [5.74, 6) is 0.801. The van der Waals surface area contributed by atoms with Crippen LogP contribution in [-0.4, -0.2) is 36.2 Å². The van der Waals surface area contributed by atoms with E-state index in [4.69, 9.17) is 5.73 Å². The minimum atomic E-state index is -0.545. The summed E-state index contributed by atoms with van der Waals surface area (Å²) in [6.07, 6.45) is -0.545. The van der Waals surface area contributed by atoms with Crippen molar-refractivity contribution in [2.45, 2.75) is 19.6 Å². The van der Waals surface area contributed by atoms with Gasteiger partial charge in [0.25, 0.3) is 0 Å². The van der Waals surface area contributed by atoms with Gasteiger partial charge in [-0.15, -0.1) is 5.10 Å². The predicted octanol–water partition coefficient (Wildman–Crippen LogP) is 0.851. The quantitative estimate of drug-likeness (QED) is 0.731. The number of hydrogen-bond acceptors (Lipinski definition) is 6. The average molecular weight is 270 g/mol. The van der Waals surface area contributed by atoms with Crippen molar-refractivity contribution in [3.8, 4) is 11.4 Å². The number of aliphatic hydroxyl groups excluding tert-OH is 1. The van der Waals surface area contributed by atoms with Gasteiger partial charge in [-0.1, -0.05) is 35.5 Å². The van der Waals surface area contributed by atoms with Crippen molar-refractivity contribution in [3.63, 3.8) is 0 Å². The molecule has 7 heteroatoms. The second kappa shape index (κ2) is 4.86. The Morgan fingerprint density at radius 1 is 1.25 bits per heavy atom. The molecule has 0 radical (unpaired) electrons. The highest BCUT2D eigenvalue weighted by Gasteiger charge is 2.14. The fraction of sp³-hybridized carbons (Fsp3) is 0.231. The average Bonchev–Trinajstić information content (AvgIpc) is 2.83. The van der Waals surface area contributed by atoms with E-state index in [1.165, 1.54) is 4.68 Å². The van der Waals surface area contributed by atoms with Crippen molar-refractivity contribution in [2.75, 3.05) is 5.73 Å². The maximum Gasteiger partial charge on any atom is 0.184 e. The number of nitrogens with zero attached hydrogens (tertiary/aromatic N) is 5. The van der Waals surface area contributed by atoms with E-state index >= 15 is 0 Å². The van der Waals surface area contributed by atoms with Gasteiger partial charge in [0.15, 0.2) is 22.8 Å². The van der Waals surface area contributed by atoms with Gasteiger partial charge in [-0.25, -0.2) is 14.6 Å². The molecular weight excluding hydrogens is 256 g/mol. The molecule has 0 bridgehead atoms. The number of rotatable bonds is 3. The number of benzene rings is 1. The Morgan fingerprint density at radius 3 is 2.70 bits per heavy atom. The molecule has 0 spiro atoms. The fourth-order valence-electron chi connectivity index (χ4n) is 1.97. The molecule has 0 amide bonds. The second-order valence-electron chi connectivity index (χ2n) is 4.59. The molecule has 0 aliphatic heterocycles. The summed E-state index contributed by atoms with van der Waals surface area (Å²) >= 11 is 0. The highest BCUT2D eigenvalue weighted by molar-refractivity contribution is 5.83. The van der Waals surface area contributed by atoms with Crippen LogP contribution in [0.3, 0.4) is 0 Å². The molecule has 0 saturated carbocycles. The van der Waals surface area contributed by atoms with Gasteiger partial charge in [0.05, 0.1) is 12.6 Å². The molecule has 0 saturated heterocycles. The lowest BCUT2D eigenvalue weighted by molar-refractivity contribution is 0.169. The second-order valence-corrected chi connectivity index (χ2v) is 4.59. The van der Waals surface area contributed by atoms with Crippen LogP contribution in [0.1, 0.15) is 6.92 Å². The number of fused-ring (bicyclic) bond motifs is 1. The largest absolute Gasteiger partial charge is 0.391 e. The summed E-state index contributed by atoms with van der Waals surface area (Å²) in [5, 5.41) is 17.4. The van der Waals surface area contributed by atoms with Crippen molar-refractivity contribution >= 4 is 17.0 Å². The van der Waals surface area contributed by atoms with Crippen molar-refractivity contribution in [1.82, 2.24) is 25.0 Å². The summed E-state index contributed by atoms with van der Waals surface area (Å²) < 4.78 is 1.53. The first-order valence-corrected chi connectivity index (χ1v) is 6.25.